The predicted octanol–water partition coefficient (Wildman–Crippen LogP) is 2.43. The quantitative estimate of drug-likeness (QED) is 0.525. The Balaban J connectivity index is 1.06. The van der Waals surface area contributed by atoms with Gasteiger partial charge in [-0.1, -0.05) is 30.7 Å². The lowest BCUT2D eigenvalue weighted by Crippen LogP contribution is -2.46. The summed E-state index contributed by atoms with van der Waals surface area (Å²) < 4.78 is 0. The van der Waals surface area contributed by atoms with E-state index in [9.17, 15) is 14.7 Å². The van der Waals surface area contributed by atoms with E-state index in [0.717, 1.165) is 58.3 Å². The molecule has 0 bridgehead atoms. The van der Waals surface area contributed by atoms with E-state index in [1.54, 1.807) is 18.3 Å². The van der Waals surface area contributed by atoms with Crippen molar-refractivity contribution >= 4 is 17.6 Å². The zero-order valence-corrected chi connectivity index (χ0v) is 20.9. The molecule has 2 aliphatic heterocycles. The number of hydrogen-bond donors (Lipinski definition) is 3. The lowest BCUT2D eigenvalue weighted by Gasteiger charge is -2.36. The van der Waals surface area contributed by atoms with Crippen LogP contribution in [0.4, 0.5) is 5.82 Å². The number of pyridine rings is 1. The first-order valence-corrected chi connectivity index (χ1v) is 13.3. The lowest BCUT2D eigenvalue weighted by atomic mass is 9.84. The first kappa shape index (κ1) is 24.7. The van der Waals surface area contributed by atoms with Crippen molar-refractivity contribution in [2.24, 2.45) is 5.92 Å². The highest BCUT2D eigenvalue weighted by molar-refractivity contribution is 5.94. The van der Waals surface area contributed by atoms with Crippen molar-refractivity contribution in [3.8, 4) is 0 Å². The van der Waals surface area contributed by atoms with Crippen molar-refractivity contribution < 1.29 is 14.7 Å². The molecule has 5 rings (SSSR count). The standard InChI is InChI=1S/C28H37N5O3/c34-25(19-32-13-9-20-4-1-2-5-23(20)18-32)17-30-27(35)22-8-12-29-26(16-22)31-24-10-14-33(15-11-24)28(36)21-6-3-7-21/h1-2,4-5,8,12,16,21,24-25,34H,3,6-7,9-11,13-15,17-19H2,(H,29,31)(H,30,35). The number of hydrogen-bond acceptors (Lipinski definition) is 6. The molecule has 192 valence electrons. The highest BCUT2D eigenvalue weighted by Crippen LogP contribution is 2.29. The highest BCUT2D eigenvalue weighted by Gasteiger charge is 2.31. The summed E-state index contributed by atoms with van der Waals surface area (Å²) in [6.07, 6.45) is 7.00. The molecule has 2 fully saturated rings. The topological polar surface area (TPSA) is 97.8 Å². The second-order valence-electron chi connectivity index (χ2n) is 10.4. The maximum Gasteiger partial charge on any atom is 0.251 e. The SMILES string of the molecule is O=C(NCC(O)CN1CCc2ccccc2C1)c1ccnc(NC2CCN(C(=O)C3CCC3)CC2)c1. The van der Waals surface area contributed by atoms with Crippen LogP contribution in [0.15, 0.2) is 42.6 Å². The van der Waals surface area contributed by atoms with Crippen molar-refractivity contribution in [2.45, 2.75) is 57.2 Å². The average molecular weight is 492 g/mol. The highest BCUT2D eigenvalue weighted by atomic mass is 16.3. The molecule has 0 radical (unpaired) electrons. The number of amides is 2. The van der Waals surface area contributed by atoms with E-state index >= 15 is 0 Å². The van der Waals surface area contributed by atoms with Crippen LogP contribution in [0, 0.1) is 5.92 Å². The molecule has 2 aromatic rings. The number of piperidine rings is 1. The molecule has 1 saturated carbocycles. The van der Waals surface area contributed by atoms with E-state index in [1.807, 2.05) is 4.90 Å². The molecule has 3 N–H and O–H groups in total. The molecule has 3 heterocycles. The number of aromatic nitrogens is 1. The first-order valence-electron chi connectivity index (χ1n) is 13.3. The molecule has 1 aromatic carbocycles. The summed E-state index contributed by atoms with van der Waals surface area (Å²) in [4.78, 5) is 33.8. The van der Waals surface area contributed by atoms with E-state index in [0.29, 0.717) is 23.8 Å². The van der Waals surface area contributed by atoms with Gasteiger partial charge >= 0.3 is 0 Å². The van der Waals surface area contributed by atoms with Crippen molar-refractivity contribution in [2.75, 3.05) is 38.0 Å². The summed E-state index contributed by atoms with van der Waals surface area (Å²) in [5.41, 5.74) is 3.21. The number of likely N-dealkylation sites (tertiary alicyclic amines) is 1. The minimum atomic E-state index is -0.633. The Kier molecular flexibility index (Phi) is 7.82. The van der Waals surface area contributed by atoms with Crippen LogP contribution < -0.4 is 10.6 Å². The van der Waals surface area contributed by atoms with Gasteiger partial charge < -0.3 is 20.6 Å². The number of rotatable bonds is 8. The van der Waals surface area contributed by atoms with E-state index in [4.69, 9.17) is 0 Å². The maximum atomic E-state index is 12.7. The van der Waals surface area contributed by atoms with Crippen LogP contribution in [-0.2, 0) is 17.8 Å². The Bertz CT molecular complexity index is 1060. The fourth-order valence-electron chi connectivity index (χ4n) is 5.40. The number of fused-ring (bicyclic) bond motifs is 1. The average Bonchev–Trinajstić information content (AvgIpc) is 2.87. The van der Waals surface area contributed by atoms with E-state index < -0.39 is 6.10 Å². The molecule has 3 aliphatic rings. The van der Waals surface area contributed by atoms with Crippen LogP contribution in [0.3, 0.4) is 0 Å². The van der Waals surface area contributed by atoms with Gasteiger partial charge in [-0.2, -0.15) is 0 Å². The Morgan fingerprint density at radius 1 is 1.06 bits per heavy atom. The van der Waals surface area contributed by atoms with Gasteiger partial charge in [-0.25, -0.2) is 4.98 Å². The van der Waals surface area contributed by atoms with Crippen LogP contribution in [-0.4, -0.2) is 76.6 Å². The van der Waals surface area contributed by atoms with Crippen molar-refractivity contribution in [3.63, 3.8) is 0 Å². The normalized spacial score (nSPS) is 19.8. The van der Waals surface area contributed by atoms with E-state index in [-0.39, 0.29) is 24.4 Å². The summed E-state index contributed by atoms with van der Waals surface area (Å²) in [5, 5.41) is 16.8. The molecule has 1 saturated heterocycles. The van der Waals surface area contributed by atoms with Crippen LogP contribution in [0.1, 0.15) is 53.6 Å². The van der Waals surface area contributed by atoms with Gasteiger partial charge in [0.05, 0.1) is 6.10 Å². The summed E-state index contributed by atoms with van der Waals surface area (Å²) in [7, 11) is 0. The summed E-state index contributed by atoms with van der Waals surface area (Å²) in [6.45, 7) is 4.01. The van der Waals surface area contributed by atoms with Crippen molar-refractivity contribution in [1.82, 2.24) is 20.1 Å². The summed E-state index contributed by atoms with van der Waals surface area (Å²) in [5.74, 6) is 1.02. The number of carbonyl (C=O) groups excluding carboxylic acids is 2. The van der Waals surface area contributed by atoms with Crippen LogP contribution in [0.2, 0.25) is 0 Å². The minimum Gasteiger partial charge on any atom is -0.390 e. The second-order valence-corrected chi connectivity index (χ2v) is 10.4. The zero-order valence-electron chi connectivity index (χ0n) is 20.9. The minimum absolute atomic E-state index is 0.204. The Morgan fingerprint density at radius 3 is 2.58 bits per heavy atom. The number of aliphatic hydroxyl groups excluding tert-OH is 1. The molecular formula is C28H37N5O3. The molecule has 36 heavy (non-hydrogen) atoms. The van der Waals surface area contributed by atoms with Gasteiger partial charge in [-0.3, -0.25) is 14.5 Å². The fraction of sp³-hybridized carbons (Fsp3) is 0.536. The van der Waals surface area contributed by atoms with Gasteiger partial charge in [0.25, 0.3) is 5.91 Å². The van der Waals surface area contributed by atoms with Gasteiger partial charge in [0, 0.05) is 63.0 Å². The largest absolute Gasteiger partial charge is 0.390 e. The first-order chi connectivity index (χ1) is 17.5. The zero-order chi connectivity index (χ0) is 24.9. The maximum absolute atomic E-state index is 12.7. The number of aliphatic hydroxyl groups is 1. The number of nitrogens with zero attached hydrogens (tertiary/aromatic N) is 3. The molecule has 8 heteroatoms. The van der Waals surface area contributed by atoms with Gasteiger partial charge in [0.15, 0.2) is 0 Å². The Morgan fingerprint density at radius 2 is 1.83 bits per heavy atom. The molecule has 1 aromatic heterocycles. The third-order valence-corrected chi connectivity index (χ3v) is 7.81. The van der Waals surface area contributed by atoms with Crippen LogP contribution in [0.25, 0.3) is 0 Å². The third kappa shape index (κ3) is 6.05. The van der Waals surface area contributed by atoms with Crippen LogP contribution >= 0.6 is 0 Å². The number of nitrogens with one attached hydrogen (secondary N) is 2. The number of benzene rings is 1. The van der Waals surface area contributed by atoms with Gasteiger partial charge in [0.1, 0.15) is 5.82 Å². The predicted molar refractivity (Wildman–Crippen MR) is 139 cm³/mol. The Labute approximate surface area is 213 Å². The smallest absolute Gasteiger partial charge is 0.251 e. The van der Waals surface area contributed by atoms with E-state index in [2.05, 4.69) is 44.8 Å². The molecule has 0 spiro atoms. The molecule has 2 amide bonds. The molecule has 8 nitrogen and oxygen atoms in total. The van der Waals surface area contributed by atoms with Crippen LogP contribution in [0.5, 0.6) is 0 Å². The van der Waals surface area contributed by atoms with Gasteiger partial charge in [0.2, 0.25) is 5.91 Å². The monoisotopic (exact) mass is 491 g/mol. The fourth-order valence-corrected chi connectivity index (χ4v) is 5.40. The molecular weight excluding hydrogens is 454 g/mol. The molecule has 1 aliphatic carbocycles. The van der Waals surface area contributed by atoms with Crippen molar-refractivity contribution in [3.05, 3.63) is 59.3 Å². The summed E-state index contributed by atoms with van der Waals surface area (Å²) in [6, 6.07) is 12.1. The third-order valence-electron chi connectivity index (χ3n) is 7.81. The Hall–Kier alpha value is -2.97. The number of β-amino-alcohol motifs (C(OH)–C–C–N with tert-alkyl or cyclic N) is 1. The summed E-state index contributed by atoms with van der Waals surface area (Å²) >= 11 is 0. The van der Waals surface area contributed by atoms with Gasteiger partial charge in [-0.05, 0) is 55.4 Å². The molecule has 1 unspecified atom stereocenters. The lowest BCUT2D eigenvalue weighted by molar-refractivity contribution is -0.139. The number of anilines is 1. The van der Waals surface area contributed by atoms with E-state index in [1.165, 1.54) is 17.5 Å². The van der Waals surface area contributed by atoms with Crippen molar-refractivity contribution in [1.29, 1.82) is 0 Å². The number of carbonyl (C=O) groups is 2. The van der Waals surface area contributed by atoms with Gasteiger partial charge in [-0.15, -0.1) is 0 Å². The molecule has 1 atom stereocenters. The second kappa shape index (κ2) is 11.4.